The summed E-state index contributed by atoms with van der Waals surface area (Å²) in [6.07, 6.45) is 9.21. The molecule has 3 aliphatic rings. The molecule has 2 N–H and O–H groups in total. The number of carbonyl (C=O) groups is 3. The van der Waals surface area contributed by atoms with Crippen molar-refractivity contribution < 1.29 is 32.3 Å². The van der Waals surface area contributed by atoms with E-state index in [-0.39, 0.29) is 31.2 Å². The number of fused-ring (bicyclic) bond motifs is 1. The quantitative estimate of drug-likeness (QED) is 0.141. The highest BCUT2D eigenvalue weighted by atomic mass is 32.2. The van der Waals surface area contributed by atoms with Crippen LogP contribution in [0.15, 0.2) is 41.8 Å². The van der Waals surface area contributed by atoms with Gasteiger partial charge in [0.05, 0.1) is 30.1 Å². The molecule has 1 saturated heterocycles. The fourth-order valence-corrected chi connectivity index (χ4v) is 8.65. The molecule has 0 bridgehead atoms. The van der Waals surface area contributed by atoms with Crippen LogP contribution in [0.5, 0.6) is 11.5 Å². The van der Waals surface area contributed by atoms with Crippen molar-refractivity contribution in [2.45, 2.75) is 114 Å². The highest BCUT2D eigenvalue weighted by molar-refractivity contribution is 7.91. The summed E-state index contributed by atoms with van der Waals surface area (Å²) < 4.78 is 39.3. The number of nitrogens with one attached hydrogen (secondary N) is 2. The molecule has 0 unspecified atom stereocenters. The van der Waals surface area contributed by atoms with E-state index in [4.69, 9.17) is 19.4 Å². The number of nitrogens with zero attached hydrogens (tertiary/aromatic N) is 3. The van der Waals surface area contributed by atoms with Gasteiger partial charge in [0.1, 0.15) is 39.9 Å². The van der Waals surface area contributed by atoms with E-state index in [2.05, 4.69) is 30.0 Å². The molecule has 3 amide bonds. The van der Waals surface area contributed by atoms with Crippen molar-refractivity contribution >= 4 is 50.0 Å². The number of thiazole rings is 1. The first-order chi connectivity index (χ1) is 24.4. The van der Waals surface area contributed by atoms with E-state index in [9.17, 15) is 22.8 Å². The fraction of sp³-hybridized carbons (Fsp3) is 0.541. The number of amides is 3. The molecular formula is C37H47N5O7S2. The average molecular weight is 738 g/mol. The van der Waals surface area contributed by atoms with Crippen molar-refractivity contribution in [1.29, 1.82) is 0 Å². The maximum absolute atomic E-state index is 13.9. The third-order valence-electron chi connectivity index (χ3n) is 9.73. The van der Waals surface area contributed by atoms with Gasteiger partial charge in [-0.25, -0.2) is 18.4 Å². The summed E-state index contributed by atoms with van der Waals surface area (Å²) in [7, 11) is -2.18. The summed E-state index contributed by atoms with van der Waals surface area (Å²) in [5.74, 6) is 0.0716. The van der Waals surface area contributed by atoms with Gasteiger partial charge in [0, 0.05) is 35.7 Å². The first-order valence-electron chi connectivity index (χ1n) is 17.8. The monoisotopic (exact) mass is 737 g/mol. The molecule has 2 aliphatic carbocycles. The highest BCUT2D eigenvalue weighted by Gasteiger charge is 2.55. The van der Waals surface area contributed by atoms with Gasteiger partial charge in [0.15, 0.2) is 0 Å². The molecule has 14 heteroatoms. The van der Waals surface area contributed by atoms with Crippen molar-refractivity contribution in [2.24, 2.45) is 0 Å². The molecule has 2 atom stereocenters. The number of carbonyl (C=O) groups excluding carboxylic acids is 3. The number of pyridine rings is 1. The number of likely N-dealkylation sites (tertiary alicyclic amines) is 1. The molecule has 3 aromatic rings. The smallest absolute Gasteiger partial charge is 0.259 e. The molecule has 1 aliphatic heterocycles. The van der Waals surface area contributed by atoms with Gasteiger partial charge in [-0.15, -0.1) is 11.3 Å². The summed E-state index contributed by atoms with van der Waals surface area (Å²) in [6, 6.07) is 6.51. The Hall–Kier alpha value is -4.04. The molecule has 3 heterocycles. The lowest BCUT2D eigenvalue weighted by Crippen LogP contribution is -2.55. The van der Waals surface area contributed by atoms with Crippen LogP contribution in [0.25, 0.3) is 21.6 Å². The number of unbranched alkanes of at least 4 members (excludes halogenated alkanes) is 3. The second-order valence-corrected chi connectivity index (χ2v) is 16.9. The minimum Gasteiger partial charge on any atom is -0.497 e. The Morgan fingerprint density at radius 3 is 2.57 bits per heavy atom. The normalized spacial score (nSPS) is 19.8. The van der Waals surface area contributed by atoms with Crippen LogP contribution in [0.2, 0.25) is 0 Å². The SMILES string of the molecule is C/C=C\CCCCCC(=O)N1C[C@H](Oc2cc(-c3nc(C(C)C)cs3)nc3cc(OC)ccc23)C[C@H]1C(=O)NC1(C(=O)NS(=O)(=O)C2CC2)CC1. The van der Waals surface area contributed by atoms with E-state index in [1.165, 1.54) is 11.3 Å². The Labute approximate surface area is 303 Å². The molecule has 2 saturated carbocycles. The van der Waals surface area contributed by atoms with Crippen molar-refractivity contribution in [3.8, 4) is 22.2 Å². The summed E-state index contributed by atoms with van der Waals surface area (Å²) >= 11 is 1.50. The molecule has 0 radical (unpaired) electrons. The largest absolute Gasteiger partial charge is 0.497 e. The van der Waals surface area contributed by atoms with E-state index in [0.29, 0.717) is 54.8 Å². The zero-order chi connectivity index (χ0) is 36.3. The third kappa shape index (κ3) is 8.54. The Kier molecular flexibility index (Phi) is 11.0. The minimum atomic E-state index is -3.78. The van der Waals surface area contributed by atoms with Gasteiger partial charge in [-0.1, -0.05) is 32.4 Å². The Morgan fingerprint density at radius 2 is 1.90 bits per heavy atom. The molecule has 274 valence electrons. The lowest BCUT2D eigenvalue weighted by atomic mass is 10.1. The van der Waals surface area contributed by atoms with Crippen molar-refractivity contribution in [2.75, 3.05) is 13.7 Å². The van der Waals surface area contributed by atoms with Gasteiger partial charge in [0.2, 0.25) is 21.8 Å². The molecular weight excluding hydrogens is 691 g/mol. The molecule has 6 rings (SSSR count). The number of ether oxygens (including phenoxy) is 2. The molecule has 12 nitrogen and oxygen atoms in total. The summed E-state index contributed by atoms with van der Waals surface area (Å²) in [5, 5.41) is 5.79. The van der Waals surface area contributed by atoms with Gasteiger partial charge >= 0.3 is 0 Å². The second-order valence-electron chi connectivity index (χ2n) is 14.1. The van der Waals surface area contributed by atoms with Gasteiger partial charge in [-0.2, -0.15) is 0 Å². The van der Waals surface area contributed by atoms with E-state index >= 15 is 0 Å². The number of methoxy groups -OCH3 is 1. The number of benzene rings is 1. The number of hydrogen-bond acceptors (Lipinski definition) is 10. The Balaban J connectivity index is 1.24. The zero-order valence-corrected chi connectivity index (χ0v) is 31.3. The number of aromatic nitrogens is 2. The highest BCUT2D eigenvalue weighted by Crippen LogP contribution is 2.39. The van der Waals surface area contributed by atoms with Crippen molar-refractivity contribution in [3.05, 3.63) is 47.5 Å². The second kappa shape index (κ2) is 15.3. The van der Waals surface area contributed by atoms with Crippen molar-refractivity contribution in [1.82, 2.24) is 24.9 Å². The van der Waals surface area contributed by atoms with E-state index < -0.39 is 44.8 Å². The van der Waals surface area contributed by atoms with Crippen LogP contribution >= 0.6 is 11.3 Å². The van der Waals surface area contributed by atoms with Crippen LogP contribution in [0, 0.1) is 0 Å². The summed E-state index contributed by atoms with van der Waals surface area (Å²) in [5.41, 5.74) is 0.961. The molecule has 51 heavy (non-hydrogen) atoms. The molecule has 1 aromatic carbocycles. The predicted octanol–water partition coefficient (Wildman–Crippen LogP) is 5.62. The average Bonchev–Trinajstić information content (AvgIpc) is 4.02. The van der Waals surface area contributed by atoms with Crippen LogP contribution in [-0.4, -0.2) is 77.6 Å². The minimum absolute atomic E-state index is 0.160. The number of rotatable bonds is 16. The van der Waals surface area contributed by atoms with Gasteiger partial charge < -0.3 is 19.7 Å². The van der Waals surface area contributed by atoms with E-state index in [1.54, 1.807) is 12.0 Å². The fourth-order valence-electron chi connectivity index (χ4n) is 6.33. The molecule has 0 spiro atoms. The first kappa shape index (κ1) is 36.7. The zero-order valence-electron chi connectivity index (χ0n) is 29.6. The van der Waals surface area contributed by atoms with Crippen molar-refractivity contribution in [3.63, 3.8) is 0 Å². The first-order valence-corrected chi connectivity index (χ1v) is 20.3. The molecule has 3 fully saturated rings. The van der Waals surface area contributed by atoms with Crippen LogP contribution in [0.4, 0.5) is 0 Å². The number of hydrogen-bond donors (Lipinski definition) is 2. The Bertz CT molecular complexity index is 1920. The molecule has 2 aromatic heterocycles. The third-order valence-corrected chi connectivity index (χ3v) is 12.4. The van der Waals surface area contributed by atoms with Gasteiger partial charge in [-0.3, -0.25) is 19.1 Å². The maximum Gasteiger partial charge on any atom is 0.259 e. The van der Waals surface area contributed by atoms with E-state index in [0.717, 1.165) is 35.4 Å². The van der Waals surface area contributed by atoms with Crippen LogP contribution in [0.3, 0.4) is 0 Å². The number of sulfonamides is 1. The van der Waals surface area contributed by atoms with Crippen LogP contribution < -0.4 is 19.5 Å². The van der Waals surface area contributed by atoms with E-state index in [1.807, 2.05) is 42.6 Å². The number of allylic oxidation sites excluding steroid dienone is 2. The van der Waals surface area contributed by atoms with Gasteiger partial charge in [-0.05, 0) is 69.9 Å². The Morgan fingerprint density at radius 1 is 1.12 bits per heavy atom. The van der Waals surface area contributed by atoms with Crippen LogP contribution in [0.1, 0.15) is 96.6 Å². The predicted molar refractivity (Wildman–Crippen MR) is 196 cm³/mol. The van der Waals surface area contributed by atoms with Crippen LogP contribution in [-0.2, 0) is 24.4 Å². The van der Waals surface area contributed by atoms with Gasteiger partial charge in [0.25, 0.3) is 5.91 Å². The standard InChI is InChI=1S/C37H47N5O7S2/c1-5-6-7-8-9-10-11-33(43)42-21-25(19-31(42)34(44)40-37(16-17-37)36(45)41-51(46,47)26-13-14-26)49-32-20-29(35-39-30(22-50-35)23(2)3)38-28-18-24(48-4)12-15-27(28)32/h5-6,12,15,18,20,22-23,25-26,31H,7-11,13-14,16-17,19,21H2,1-4H3,(H,40,44)(H,41,45)/b6-5-/t25-,31+/m1/s1. The summed E-state index contributed by atoms with van der Waals surface area (Å²) in [6.45, 7) is 6.33. The maximum atomic E-state index is 13.9. The lowest BCUT2D eigenvalue weighted by molar-refractivity contribution is -0.139. The topological polar surface area (TPSA) is 157 Å². The lowest BCUT2D eigenvalue weighted by Gasteiger charge is -2.26. The summed E-state index contributed by atoms with van der Waals surface area (Å²) in [4.78, 5) is 52.0.